The van der Waals surface area contributed by atoms with E-state index in [0.29, 0.717) is 30.3 Å². The van der Waals surface area contributed by atoms with Crippen molar-refractivity contribution in [1.29, 1.82) is 0 Å². The van der Waals surface area contributed by atoms with Crippen LogP contribution >= 0.6 is 0 Å². The van der Waals surface area contributed by atoms with Gasteiger partial charge < -0.3 is 10.2 Å². The number of hydrogen-bond acceptors (Lipinski definition) is 2. The molecule has 0 heterocycles. The van der Waals surface area contributed by atoms with Gasteiger partial charge in [0.05, 0.1) is 6.10 Å². The van der Waals surface area contributed by atoms with Gasteiger partial charge >= 0.3 is 0 Å². The molecule has 3 fully saturated rings. The Bertz CT molecular complexity index is 290. The zero-order chi connectivity index (χ0) is 11.5. The fourth-order valence-electron chi connectivity index (χ4n) is 5.03. The van der Waals surface area contributed by atoms with Gasteiger partial charge in [0.25, 0.3) is 0 Å². The first kappa shape index (κ1) is 11.0. The van der Waals surface area contributed by atoms with Gasteiger partial charge in [0, 0.05) is 6.61 Å². The molecule has 0 aromatic heterocycles. The van der Waals surface area contributed by atoms with Crippen molar-refractivity contribution in [2.45, 2.75) is 45.6 Å². The standard InChI is InChI=1S/C14H24O2/c1-8-3-4-9-11(16)6-5-10-13(12(8)9)14(10,2)7-15/h8-13,15-16H,3-7H2,1-2H3/t8-,9-,10-,11+,12-,13-,14+/m1/s1. The number of fused-ring (bicyclic) bond motifs is 3. The molecule has 2 N–H and O–H groups in total. The van der Waals surface area contributed by atoms with Crippen LogP contribution in [0.5, 0.6) is 0 Å². The molecule has 16 heavy (non-hydrogen) atoms. The first-order chi connectivity index (χ1) is 7.59. The number of rotatable bonds is 1. The fraction of sp³-hybridized carbons (Fsp3) is 1.00. The molecular formula is C14H24O2. The highest BCUT2D eigenvalue weighted by Crippen LogP contribution is 2.69. The molecule has 0 amide bonds. The van der Waals surface area contributed by atoms with Crippen LogP contribution in [-0.4, -0.2) is 22.9 Å². The monoisotopic (exact) mass is 224 g/mol. The van der Waals surface area contributed by atoms with Crippen molar-refractivity contribution in [2.24, 2.45) is 35.0 Å². The predicted octanol–water partition coefficient (Wildman–Crippen LogP) is 2.05. The molecule has 0 spiro atoms. The van der Waals surface area contributed by atoms with E-state index >= 15 is 0 Å². The summed E-state index contributed by atoms with van der Waals surface area (Å²) >= 11 is 0. The summed E-state index contributed by atoms with van der Waals surface area (Å²) < 4.78 is 0. The van der Waals surface area contributed by atoms with E-state index in [1.807, 2.05) is 0 Å². The third kappa shape index (κ3) is 1.26. The molecule has 0 bridgehead atoms. The quantitative estimate of drug-likeness (QED) is 0.715. The molecule has 2 nitrogen and oxygen atoms in total. The van der Waals surface area contributed by atoms with Crippen molar-refractivity contribution in [3.05, 3.63) is 0 Å². The van der Waals surface area contributed by atoms with Crippen LogP contribution in [0.25, 0.3) is 0 Å². The smallest absolute Gasteiger partial charge is 0.0571 e. The molecule has 3 aliphatic rings. The van der Waals surface area contributed by atoms with Crippen molar-refractivity contribution >= 4 is 0 Å². The normalized spacial score (nSPS) is 60.0. The number of aliphatic hydroxyl groups excluding tert-OH is 2. The third-order valence-corrected chi connectivity index (χ3v) is 6.06. The molecule has 0 aromatic rings. The Morgan fingerprint density at radius 1 is 1.19 bits per heavy atom. The lowest BCUT2D eigenvalue weighted by Crippen LogP contribution is -2.28. The Kier molecular flexibility index (Phi) is 2.38. The van der Waals surface area contributed by atoms with Gasteiger partial charge in [-0.25, -0.2) is 0 Å². The maximum atomic E-state index is 10.2. The Hall–Kier alpha value is -0.0800. The van der Waals surface area contributed by atoms with Crippen molar-refractivity contribution in [2.75, 3.05) is 6.61 Å². The molecule has 3 aliphatic carbocycles. The van der Waals surface area contributed by atoms with Gasteiger partial charge in [0.15, 0.2) is 0 Å². The van der Waals surface area contributed by atoms with Gasteiger partial charge in [-0.15, -0.1) is 0 Å². The molecule has 0 aliphatic heterocycles. The van der Waals surface area contributed by atoms with E-state index in [2.05, 4.69) is 13.8 Å². The first-order valence-electron chi connectivity index (χ1n) is 6.88. The SMILES string of the molecule is C[C@@H]1CC[C@H]2[C@@H]1[C@H]1[C@@H](CC[C@@H]2O)[C@]1(C)CO. The minimum atomic E-state index is -0.0642. The molecule has 7 atom stereocenters. The first-order valence-corrected chi connectivity index (χ1v) is 6.88. The predicted molar refractivity (Wildman–Crippen MR) is 62.8 cm³/mol. The van der Waals surface area contributed by atoms with Gasteiger partial charge in [-0.2, -0.15) is 0 Å². The van der Waals surface area contributed by atoms with Crippen LogP contribution in [0.1, 0.15) is 39.5 Å². The van der Waals surface area contributed by atoms with Crippen molar-refractivity contribution < 1.29 is 10.2 Å². The maximum Gasteiger partial charge on any atom is 0.0571 e. The highest BCUT2D eigenvalue weighted by molar-refractivity contribution is 5.14. The molecule has 3 rings (SSSR count). The van der Waals surface area contributed by atoms with Crippen molar-refractivity contribution in [3.63, 3.8) is 0 Å². The summed E-state index contributed by atoms with van der Waals surface area (Å²) in [6.07, 6.45) is 4.51. The average molecular weight is 224 g/mol. The van der Waals surface area contributed by atoms with Crippen LogP contribution < -0.4 is 0 Å². The Labute approximate surface area is 98.1 Å². The Morgan fingerprint density at radius 2 is 1.94 bits per heavy atom. The summed E-state index contributed by atoms with van der Waals surface area (Å²) in [5.41, 5.74) is 0.182. The lowest BCUT2D eigenvalue weighted by atomic mass is 9.80. The number of hydrogen-bond donors (Lipinski definition) is 2. The minimum Gasteiger partial charge on any atom is -0.396 e. The summed E-state index contributed by atoms with van der Waals surface area (Å²) in [6.45, 7) is 4.94. The van der Waals surface area contributed by atoms with E-state index in [0.717, 1.165) is 18.8 Å². The molecular weight excluding hydrogens is 200 g/mol. The third-order valence-electron chi connectivity index (χ3n) is 6.06. The minimum absolute atomic E-state index is 0.0642. The zero-order valence-corrected chi connectivity index (χ0v) is 10.4. The van der Waals surface area contributed by atoms with E-state index in [4.69, 9.17) is 0 Å². The lowest BCUT2D eigenvalue weighted by molar-refractivity contribution is 0.0583. The maximum absolute atomic E-state index is 10.2. The molecule has 0 radical (unpaired) electrons. The molecule has 3 saturated carbocycles. The summed E-state index contributed by atoms with van der Waals surface area (Å²) in [6, 6.07) is 0. The highest BCUT2D eigenvalue weighted by atomic mass is 16.3. The molecule has 92 valence electrons. The molecule has 0 saturated heterocycles. The average Bonchev–Trinajstić information content (AvgIpc) is 2.73. The van der Waals surface area contributed by atoms with Gasteiger partial charge in [0.2, 0.25) is 0 Å². The highest BCUT2D eigenvalue weighted by Gasteiger charge is 2.67. The van der Waals surface area contributed by atoms with Gasteiger partial charge in [-0.3, -0.25) is 0 Å². The van der Waals surface area contributed by atoms with Gasteiger partial charge in [0.1, 0.15) is 0 Å². The molecule has 2 heteroatoms. The number of aliphatic hydroxyl groups is 2. The Morgan fingerprint density at radius 3 is 2.62 bits per heavy atom. The molecule has 0 unspecified atom stereocenters. The van der Waals surface area contributed by atoms with Crippen LogP contribution in [0.4, 0.5) is 0 Å². The van der Waals surface area contributed by atoms with Gasteiger partial charge in [-0.1, -0.05) is 20.3 Å². The second kappa shape index (κ2) is 3.46. The topological polar surface area (TPSA) is 40.5 Å². The summed E-state index contributed by atoms with van der Waals surface area (Å²) in [4.78, 5) is 0. The van der Waals surface area contributed by atoms with E-state index in [1.54, 1.807) is 0 Å². The van der Waals surface area contributed by atoms with E-state index < -0.39 is 0 Å². The lowest BCUT2D eigenvalue weighted by Gasteiger charge is -2.28. The Balaban J connectivity index is 1.89. The summed E-state index contributed by atoms with van der Waals surface area (Å²) in [5, 5.41) is 19.8. The van der Waals surface area contributed by atoms with Crippen LogP contribution in [0, 0.1) is 35.0 Å². The second-order valence-electron chi connectivity index (χ2n) is 6.74. The zero-order valence-electron chi connectivity index (χ0n) is 10.4. The fourth-order valence-corrected chi connectivity index (χ4v) is 5.03. The van der Waals surface area contributed by atoms with E-state index in [1.165, 1.54) is 12.8 Å². The largest absolute Gasteiger partial charge is 0.396 e. The van der Waals surface area contributed by atoms with Crippen molar-refractivity contribution in [3.8, 4) is 0 Å². The summed E-state index contributed by atoms with van der Waals surface area (Å²) in [5.74, 6) is 3.33. The van der Waals surface area contributed by atoms with E-state index in [9.17, 15) is 10.2 Å². The van der Waals surface area contributed by atoms with E-state index in [-0.39, 0.29) is 11.5 Å². The van der Waals surface area contributed by atoms with Gasteiger partial charge in [-0.05, 0) is 54.3 Å². The molecule has 0 aromatic carbocycles. The van der Waals surface area contributed by atoms with Crippen LogP contribution in [-0.2, 0) is 0 Å². The summed E-state index contributed by atoms with van der Waals surface area (Å²) in [7, 11) is 0. The van der Waals surface area contributed by atoms with Crippen LogP contribution in [0.15, 0.2) is 0 Å². The second-order valence-corrected chi connectivity index (χ2v) is 6.74. The van der Waals surface area contributed by atoms with Crippen LogP contribution in [0.3, 0.4) is 0 Å². The van der Waals surface area contributed by atoms with Crippen LogP contribution in [0.2, 0.25) is 0 Å². The van der Waals surface area contributed by atoms with Crippen molar-refractivity contribution in [1.82, 2.24) is 0 Å².